The SMILES string of the molecule is CCCCCCCCCCCCCCCCC(CCCCCCCCCCCCCCCC)C(=O)NCCOCCOCCO[C@@H]1O[C@H](CO)[C@@H](O)[C@H](O)[C@H]1O. The van der Waals surface area contributed by atoms with Gasteiger partial charge >= 0.3 is 0 Å². The van der Waals surface area contributed by atoms with Crippen molar-refractivity contribution in [3.8, 4) is 0 Å². The molecule has 56 heavy (non-hydrogen) atoms. The van der Waals surface area contributed by atoms with Crippen LogP contribution in [0.2, 0.25) is 0 Å². The Kier molecular flexibility index (Phi) is 37.6. The molecule has 1 heterocycles. The smallest absolute Gasteiger partial charge is 0.223 e. The Labute approximate surface area is 343 Å². The van der Waals surface area contributed by atoms with Crippen molar-refractivity contribution in [2.45, 2.75) is 237 Å². The summed E-state index contributed by atoms with van der Waals surface area (Å²) in [5.41, 5.74) is 0. The van der Waals surface area contributed by atoms with Gasteiger partial charge < -0.3 is 44.7 Å². The minimum atomic E-state index is -1.47. The molecule has 1 amide bonds. The minimum absolute atomic E-state index is 0.0803. The van der Waals surface area contributed by atoms with E-state index in [2.05, 4.69) is 19.2 Å². The average molecular weight is 802 g/mol. The highest BCUT2D eigenvalue weighted by Crippen LogP contribution is 2.23. The molecule has 1 aliphatic rings. The Bertz CT molecular complexity index is 802. The maximum atomic E-state index is 13.2. The second kappa shape index (κ2) is 39.6. The summed E-state index contributed by atoms with van der Waals surface area (Å²) in [5.74, 6) is 0.247. The van der Waals surface area contributed by atoms with Crippen molar-refractivity contribution in [2.75, 3.05) is 46.2 Å². The molecular weight excluding hydrogens is 711 g/mol. The molecular formula is C46H91NO9. The second-order valence-corrected chi connectivity index (χ2v) is 16.6. The van der Waals surface area contributed by atoms with Gasteiger partial charge in [-0.1, -0.05) is 194 Å². The first-order valence-electron chi connectivity index (χ1n) is 23.8. The first-order chi connectivity index (χ1) is 27.5. The molecule has 5 N–H and O–H groups in total. The molecule has 0 radical (unpaired) electrons. The number of carbonyl (C=O) groups is 1. The average Bonchev–Trinajstić information content (AvgIpc) is 3.20. The number of hydrogen-bond donors (Lipinski definition) is 5. The van der Waals surface area contributed by atoms with Gasteiger partial charge in [-0.25, -0.2) is 0 Å². The van der Waals surface area contributed by atoms with Crippen molar-refractivity contribution >= 4 is 5.91 Å². The normalized spacial score (nSPS) is 19.9. The number of nitrogens with one attached hydrogen (secondary N) is 1. The molecule has 0 unspecified atom stereocenters. The van der Waals surface area contributed by atoms with Crippen LogP contribution in [0.3, 0.4) is 0 Å². The summed E-state index contributed by atoms with van der Waals surface area (Å²) in [6, 6.07) is 0. The van der Waals surface area contributed by atoms with Crippen molar-refractivity contribution in [3.05, 3.63) is 0 Å². The van der Waals surface area contributed by atoms with Crippen molar-refractivity contribution < 1.29 is 44.2 Å². The van der Waals surface area contributed by atoms with Crippen molar-refractivity contribution in [2.24, 2.45) is 5.92 Å². The van der Waals surface area contributed by atoms with E-state index in [0.717, 1.165) is 25.7 Å². The summed E-state index contributed by atoms with van der Waals surface area (Å²) < 4.78 is 21.9. The van der Waals surface area contributed by atoms with Crippen molar-refractivity contribution in [1.29, 1.82) is 0 Å². The molecule has 0 saturated carbocycles. The van der Waals surface area contributed by atoms with Gasteiger partial charge in [-0.05, 0) is 12.8 Å². The number of unbranched alkanes of at least 4 members (excludes halogenated alkanes) is 26. The summed E-state index contributed by atoms with van der Waals surface area (Å²) in [6.45, 7) is 5.98. The van der Waals surface area contributed by atoms with Crippen molar-refractivity contribution in [1.82, 2.24) is 5.32 Å². The van der Waals surface area contributed by atoms with Crippen LogP contribution >= 0.6 is 0 Å². The molecule has 5 atom stereocenters. The highest BCUT2D eigenvalue weighted by atomic mass is 16.7. The Hall–Kier alpha value is -0.850. The van der Waals surface area contributed by atoms with Gasteiger partial charge in [-0.15, -0.1) is 0 Å². The summed E-state index contributed by atoms with van der Waals surface area (Å²) in [5, 5.41) is 42.2. The van der Waals surface area contributed by atoms with Gasteiger partial charge in [-0.3, -0.25) is 4.79 Å². The van der Waals surface area contributed by atoms with Crippen LogP contribution in [0.25, 0.3) is 0 Å². The van der Waals surface area contributed by atoms with Crippen LogP contribution in [0.5, 0.6) is 0 Å². The van der Waals surface area contributed by atoms with Gasteiger partial charge in [0.2, 0.25) is 5.91 Å². The molecule has 0 spiro atoms. The van der Waals surface area contributed by atoms with E-state index in [1.807, 2.05) is 0 Å². The number of aliphatic hydroxyl groups is 4. The van der Waals surface area contributed by atoms with Crippen LogP contribution in [0, 0.1) is 5.92 Å². The van der Waals surface area contributed by atoms with Crippen LogP contribution in [0.4, 0.5) is 0 Å². The standard InChI is InChI=1S/C46H91NO9/c1-3-5-7-9-11-13-15-17-19-21-23-25-27-29-31-40(32-30-28-26-24-22-20-18-16-14-12-10-8-6-4-2)45(52)47-33-34-53-35-36-54-37-38-55-46-44(51)43(50)42(49)41(39-48)56-46/h40-44,46,48-51H,3-39H2,1-2H3,(H,47,52)/t41-,42-,43+,44-,46-/m1/s1. The number of carbonyl (C=O) groups excluding carboxylic acids is 1. The zero-order valence-electron chi connectivity index (χ0n) is 36.5. The zero-order chi connectivity index (χ0) is 40.7. The van der Waals surface area contributed by atoms with E-state index >= 15 is 0 Å². The first-order valence-corrected chi connectivity index (χ1v) is 23.8. The van der Waals surface area contributed by atoms with E-state index in [-0.39, 0.29) is 25.0 Å². The first kappa shape index (κ1) is 53.2. The van der Waals surface area contributed by atoms with Crippen LogP contribution in [0.15, 0.2) is 0 Å². The van der Waals surface area contributed by atoms with Crippen molar-refractivity contribution in [3.63, 3.8) is 0 Å². The largest absolute Gasteiger partial charge is 0.394 e. The fourth-order valence-corrected chi connectivity index (χ4v) is 7.72. The Balaban J connectivity index is 2.21. The molecule has 10 heteroatoms. The lowest BCUT2D eigenvalue weighted by Crippen LogP contribution is -2.59. The topological polar surface area (TPSA) is 147 Å². The van der Waals surface area contributed by atoms with Gasteiger partial charge in [0.25, 0.3) is 0 Å². The molecule has 0 aliphatic carbocycles. The molecule has 0 aromatic rings. The van der Waals surface area contributed by atoms with E-state index in [1.165, 1.54) is 167 Å². The van der Waals surface area contributed by atoms with E-state index in [9.17, 15) is 25.2 Å². The van der Waals surface area contributed by atoms with E-state index < -0.39 is 37.3 Å². The third kappa shape index (κ3) is 29.4. The molecule has 334 valence electrons. The number of rotatable bonds is 42. The summed E-state index contributed by atoms with van der Waals surface area (Å²) in [6.07, 6.45) is 33.0. The van der Waals surface area contributed by atoms with Gasteiger partial charge in [0.15, 0.2) is 6.29 Å². The highest BCUT2D eigenvalue weighted by molar-refractivity contribution is 5.78. The Morgan fingerprint density at radius 2 is 0.893 bits per heavy atom. The lowest BCUT2D eigenvalue weighted by Gasteiger charge is -2.39. The van der Waals surface area contributed by atoms with Crippen LogP contribution in [0.1, 0.15) is 206 Å². The number of hydrogen-bond acceptors (Lipinski definition) is 9. The minimum Gasteiger partial charge on any atom is -0.394 e. The molecule has 1 fully saturated rings. The van der Waals surface area contributed by atoms with Crippen LogP contribution < -0.4 is 5.32 Å². The molecule has 1 rings (SSSR count). The summed E-state index contributed by atoms with van der Waals surface area (Å²) >= 11 is 0. The Morgan fingerprint density at radius 3 is 1.30 bits per heavy atom. The van der Waals surface area contributed by atoms with Gasteiger partial charge in [-0.2, -0.15) is 0 Å². The Morgan fingerprint density at radius 1 is 0.518 bits per heavy atom. The predicted octanol–water partition coefficient (Wildman–Crippen LogP) is 9.31. The molecule has 1 saturated heterocycles. The van der Waals surface area contributed by atoms with E-state index in [1.54, 1.807) is 0 Å². The summed E-state index contributed by atoms with van der Waals surface area (Å²) in [4.78, 5) is 13.2. The number of ether oxygens (including phenoxy) is 4. The highest BCUT2D eigenvalue weighted by Gasteiger charge is 2.43. The quantitative estimate of drug-likeness (QED) is 0.0381. The van der Waals surface area contributed by atoms with Gasteiger partial charge in [0.05, 0.1) is 39.6 Å². The van der Waals surface area contributed by atoms with Crippen LogP contribution in [-0.2, 0) is 23.7 Å². The third-order valence-electron chi connectivity index (χ3n) is 11.5. The molecule has 10 nitrogen and oxygen atoms in total. The maximum absolute atomic E-state index is 13.2. The summed E-state index contributed by atoms with van der Waals surface area (Å²) in [7, 11) is 0. The second-order valence-electron chi connectivity index (χ2n) is 16.6. The third-order valence-corrected chi connectivity index (χ3v) is 11.5. The molecule has 0 aromatic carbocycles. The molecule has 1 aliphatic heterocycles. The van der Waals surface area contributed by atoms with Gasteiger partial charge in [0.1, 0.15) is 24.4 Å². The van der Waals surface area contributed by atoms with E-state index in [0.29, 0.717) is 26.4 Å². The predicted molar refractivity (Wildman–Crippen MR) is 228 cm³/mol. The molecule has 0 aromatic heterocycles. The zero-order valence-corrected chi connectivity index (χ0v) is 36.5. The van der Waals surface area contributed by atoms with Crippen LogP contribution in [-0.4, -0.2) is 103 Å². The monoisotopic (exact) mass is 802 g/mol. The van der Waals surface area contributed by atoms with Gasteiger partial charge in [0, 0.05) is 12.5 Å². The molecule has 0 bridgehead atoms. The number of aliphatic hydroxyl groups excluding tert-OH is 4. The number of amides is 1. The fraction of sp³-hybridized carbons (Fsp3) is 0.978. The lowest BCUT2D eigenvalue weighted by molar-refractivity contribution is -0.302. The van der Waals surface area contributed by atoms with E-state index in [4.69, 9.17) is 18.9 Å². The maximum Gasteiger partial charge on any atom is 0.223 e. The fourth-order valence-electron chi connectivity index (χ4n) is 7.72. The lowest BCUT2D eigenvalue weighted by atomic mass is 9.93.